The second kappa shape index (κ2) is 5.47. The van der Waals surface area contributed by atoms with Crippen LogP contribution in [-0.4, -0.2) is 21.0 Å². The van der Waals surface area contributed by atoms with Gasteiger partial charge in [-0.1, -0.05) is 32.9 Å². The van der Waals surface area contributed by atoms with Gasteiger partial charge in [0.05, 0.1) is 4.90 Å². The highest BCUT2D eigenvalue weighted by Crippen LogP contribution is 2.25. The maximum atomic E-state index is 12.6. The van der Waals surface area contributed by atoms with E-state index in [1.165, 1.54) is 0 Å². The van der Waals surface area contributed by atoms with Crippen molar-refractivity contribution in [3.8, 4) is 0 Å². The summed E-state index contributed by atoms with van der Waals surface area (Å²) < 4.78 is 28.1. The average Bonchev–Trinajstić information content (AvgIpc) is 2.36. The van der Waals surface area contributed by atoms with Crippen LogP contribution in [0.1, 0.15) is 38.8 Å². The molecule has 0 aromatic heterocycles. The van der Waals surface area contributed by atoms with Gasteiger partial charge in [-0.15, -0.1) is 0 Å². The molecular weight excluding hydrogens is 272 g/mol. The van der Waals surface area contributed by atoms with Crippen molar-refractivity contribution in [2.45, 2.75) is 51.6 Å². The molecule has 2 rings (SSSR count). The first kappa shape index (κ1) is 15.5. The molecular formula is C15H24N2O2S. The molecule has 1 aliphatic heterocycles. The summed E-state index contributed by atoms with van der Waals surface area (Å²) in [7, 11) is -3.46. The third kappa shape index (κ3) is 3.22. The van der Waals surface area contributed by atoms with Gasteiger partial charge in [0.1, 0.15) is 0 Å². The molecule has 1 aliphatic rings. The first-order chi connectivity index (χ1) is 9.22. The second-order valence-electron chi connectivity index (χ2n) is 6.53. The first-order valence-corrected chi connectivity index (χ1v) is 8.54. The van der Waals surface area contributed by atoms with Crippen LogP contribution in [0.3, 0.4) is 0 Å². The lowest BCUT2D eigenvalue weighted by Crippen LogP contribution is -2.42. The Hall–Kier alpha value is -0.910. The maximum Gasteiger partial charge on any atom is 0.241 e. The summed E-state index contributed by atoms with van der Waals surface area (Å²) in [4.78, 5) is 0.438. The van der Waals surface area contributed by atoms with Crippen molar-refractivity contribution in [3.63, 3.8) is 0 Å². The van der Waals surface area contributed by atoms with Gasteiger partial charge in [0.2, 0.25) is 10.0 Å². The molecule has 0 radical (unpaired) electrons. The summed E-state index contributed by atoms with van der Waals surface area (Å²) >= 11 is 0. The topological polar surface area (TPSA) is 58.2 Å². The second-order valence-corrected chi connectivity index (χ2v) is 8.21. The lowest BCUT2D eigenvalue weighted by atomic mass is 9.89. The van der Waals surface area contributed by atoms with E-state index in [1.54, 1.807) is 6.07 Å². The highest BCUT2D eigenvalue weighted by Gasteiger charge is 2.28. The van der Waals surface area contributed by atoms with E-state index in [1.807, 2.05) is 39.8 Å². The Balaban J connectivity index is 2.35. The van der Waals surface area contributed by atoms with Gasteiger partial charge < -0.3 is 5.32 Å². The zero-order chi connectivity index (χ0) is 15.0. The van der Waals surface area contributed by atoms with Crippen LogP contribution in [-0.2, 0) is 23.0 Å². The van der Waals surface area contributed by atoms with E-state index in [0.29, 0.717) is 4.90 Å². The van der Waals surface area contributed by atoms with Crippen LogP contribution in [0.2, 0.25) is 0 Å². The van der Waals surface area contributed by atoms with Crippen molar-refractivity contribution in [3.05, 3.63) is 29.3 Å². The lowest BCUT2D eigenvalue weighted by Gasteiger charge is -2.29. The fourth-order valence-electron chi connectivity index (χ4n) is 2.22. The highest BCUT2D eigenvalue weighted by molar-refractivity contribution is 7.89. The molecule has 0 saturated carbocycles. The Morgan fingerprint density at radius 2 is 2.00 bits per heavy atom. The Kier molecular flexibility index (Phi) is 4.23. The summed E-state index contributed by atoms with van der Waals surface area (Å²) in [5.74, 6) is 0. The molecule has 0 aliphatic carbocycles. The number of benzene rings is 1. The molecule has 0 fully saturated rings. The normalized spacial score (nSPS) is 17.6. The van der Waals surface area contributed by atoms with E-state index >= 15 is 0 Å². The van der Waals surface area contributed by atoms with Gasteiger partial charge in [-0.3, -0.25) is 0 Å². The summed E-state index contributed by atoms with van der Waals surface area (Å²) in [6.45, 7) is 9.58. The lowest BCUT2D eigenvalue weighted by molar-refractivity contribution is 0.317. The number of sulfonamides is 1. The smallest absolute Gasteiger partial charge is 0.241 e. The number of hydrogen-bond donors (Lipinski definition) is 2. The summed E-state index contributed by atoms with van der Waals surface area (Å²) in [5, 5.41) is 3.27. The van der Waals surface area contributed by atoms with Crippen molar-refractivity contribution in [1.29, 1.82) is 0 Å². The minimum Gasteiger partial charge on any atom is -0.312 e. The number of nitrogens with one attached hydrogen (secondary N) is 2. The number of fused-ring (bicyclic) bond motifs is 1. The van der Waals surface area contributed by atoms with Crippen LogP contribution in [0.25, 0.3) is 0 Å². The number of hydrogen-bond acceptors (Lipinski definition) is 3. The minimum absolute atomic E-state index is 0.108. The Bertz CT molecular complexity index is 588. The van der Waals surface area contributed by atoms with Crippen molar-refractivity contribution < 1.29 is 8.42 Å². The molecule has 1 unspecified atom stereocenters. The largest absolute Gasteiger partial charge is 0.312 e. The third-order valence-electron chi connectivity index (χ3n) is 4.02. The zero-order valence-corrected chi connectivity index (χ0v) is 13.5. The molecule has 1 heterocycles. The molecule has 2 N–H and O–H groups in total. The molecule has 5 heteroatoms. The van der Waals surface area contributed by atoms with Crippen LogP contribution < -0.4 is 10.0 Å². The van der Waals surface area contributed by atoms with Crippen LogP contribution in [0.15, 0.2) is 23.1 Å². The molecule has 0 amide bonds. The van der Waals surface area contributed by atoms with Gasteiger partial charge in [0.15, 0.2) is 0 Å². The number of rotatable bonds is 3. The minimum atomic E-state index is -3.46. The molecule has 0 spiro atoms. The van der Waals surface area contributed by atoms with E-state index in [2.05, 4.69) is 10.0 Å². The van der Waals surface area contributed by atoms with Crippen molar-refractivity contribution in [2.75, 3.05) is 6.54 Å². The van der Waals surface area contributed by atoms with Gasteiger partial charge in [-0.05, 0) is 42.5 Å². The molecule has 20 heavy (non-hydrogen) atoms. The van der Waals surface area contributed by atoms with Gasteiger partial charge in [0, 0.05) is 12.6 Å². The maximum absolute atomic E-state index is 12.6. The van der Waals surface area contributed by atoms with Crippen LogP contribution >= 0.6 is 0 Å². The van der Waals surface area contributed by atoms with Gasteiger partial charge in [0.25, 0.3) is 0 Å². The van der Waals surface area contributed by atoms with Crippen molar-refractivity contribution in [2.24, 2.45) is 5.41 Å². The average molecular weight is 296 g/mol. The Morgan fingerprint density at radius 1 is 1.30 bits per heavy atom. The van der Waals surface area contributed by atoms with Gasteiger partial charge in [-0.2, -0.15) is 0 Å². The molecule has 112 valence electrons. The molecule has 4 nitrogen and oxygen atoms in total. The Labute approximate surface area is 122 Å². The van der Waals surface area contributed by atoms with E-state index in [4.69, 9.17) is 0 Å². The fraction of sp³-hybridized carbons (Fsp3) is 0.600. The zero-order valence-electron chi connectivity index (χ0n) is 12.7. The first-order valence-electron chi connectivity index (χ1n) is 7.05. The van der Waals surface area contributed by atoms with Crippen LogP contribution in [0.5, 0.6) is 0 Å². The molecule has 0 saturated heterocycles. The van der Waals surface area contributed by atoms with Gasteiger partial charge >= 0.3 is 0 Å². The monoisotopic (exact) mass is 296 g/mol. The van der Waals surface area contributed by atoms with E-state index < -0.39 is 10.0 Å². The van der Waals surface area contributed by atoms with Crippen LogP contribution in [0, 0.1) is 5.41 Å². The molecule has 1 atom stereocenters. The summed E-state index contributed by atoms with van der Waals surface area (Å²) in [6.07, 6.45) is 0.760. The summed E-state index contributed by atoms with van der Waals surface area (Å²) in [6, 6.07) is 5.41. The fourth-order valence-corrected chi connectivity index (χ4v) is 3.98. The SMILES string of the molecule is CC(NS(=O)(=O)c1cccc2c1CCNC2)C(C)(C)C. The van der Waals surface area contributed by atoms with E-state index in [-0.39, 0.29) is 11.5 Å². The van der Waals surface area contributed by atoms with Crippen molar-refractivity contribution in [1.82, 2.24) is 10.0 Å². The molecule has 0 bridgehead atoms. The standard InChI is InChI=1S/C15H24N2O2S/c1-11(15(2,3)4)17-20(18,19)14-7-5-6-12-10-16-9-8-13(12)14/h5-7,11,16-17H,8-10H2,1-4H3. The predicted molar refractivity (Wildman–Crippen MR) is 81.1 cm³/mol. The summed E-state index contributed by atoms with van der Waals surface area (Å²) in [5.41, 5.74) is 1.94. The molecule has 1 aromatic carbocycles. The van der Waals surface area contributed by atoms with Gasteiger partial charge in [-0.25, -0.2) is 13.1 Å². The predicted octanol–water partition coefficient (Wildman–Crippen LogP) is 2.05. The quantitative estimate of drug-likeness (QED) is 0.897. The Morgan fingerprint density at radius 3 is 2.65 bits per heavy atom. The van der Waals surface area contributed by atoms with E-state index in [9.17, 15) is 8.42 Å². The molecule has 1 aromatic rings. The van der Waals surface area contributed by atoms with E-state index in [0.717, 1.165) is 30.6 Å². The van der Waals surface area contributed by atoms with Crippen molar-refractivity contribution >= 4 is 10.0 Å². The highest BCUT2D eigenvalue weighted by atomic mass is 32.2. The van der Waals surface area contributed by atoms with Crippen LogP contribution in [0.4, 0.5) is 0 Å². The third-order valence-corrected chi connectivity index (χ3v) is 5.64.